The standard InChI is InChI=1S/C40H39Cl2N3O5S/c1-40(2,3)43-39(47)37(25-29-13-7-4-8-14-29)44(27-30-19-20-31(41)26-36(30)42)38(46)28-45(51(48,49)35-17-11-6-12-18-35)32-21-23-34(24-22-32)50-33-15-9-5-10-16-33/h4-24,26,37H,25,27-28H2,1-3H3,(H,43,47)/t37-/m0/s1. The summed E-state index contributed by atoms with van der Waals surface area (Å²) < 4.78 is 35.6. The quantitative estimate of drug-likeness (QED) is 0.130. The summed E-state index contributed by atoms with van der Waals surface area (Å²) in [5.74, 6) is 0.0811. The van der Waals surface area contributed by atoms with E-state index in [4.69, 9.17) is 27.9 Å². The van der Waals surface area contributed by atoms with Crippen molar-refractivity contribution in [3.05, 3.63) is 155 Å². The smallest absolute Gasteiger partial charge is 0.264 e. The highest BCUT2D eigenvalue weighted by molar-refractivity contribution is 7.92. The number of hydrogen-bond acceptors (Lipinski definition) is 5. The molecule has 0 unspecified atom stereocenters. The van der Waals surface area contributed by atoms with Gasteiger partial charge in [-0.3, -0.25) is 13.9 Å². The number of sulfonamides is 1. The van der Waals surface area contributed by atoms with Crippen LogP contribution in [0.25, 0.3) is 0 Å². The molecule has 0 aliphatic rings. The SMILES string of the molecule is CC(C)(C)NC(=O)[C@H](Cc1ccccc1)N(Cc1ccc(Cl)cc1Cl)C(=O)CN(c1ccc(Oc2ccccc2)cc1)S(=O)(=O)c1ccccc1. The minimum Gasteiger partial charge on any atom is -0.457 e. The predicted molar refractivity (Wildman–Crippen MR) is 203 cm³/mol. The molecular formula is C40H39Cl2N3O5S. The molecule has 51 heavy (non-hydrogen) atoms. The average molecular weight is 745 g/mol. The lowest BCUT2D eigenvalue weighted by molar-refractivity contribution is -0.140. The van der Waals surface area contributed by atoms with Crippen molar-refractivity contribution >= 4 is 50.7 Å². The Balaban J connectivity index is 1.58. The van der Waals surface area contributed by atoms with Crippen molar-refractivity contribution in [2.75, 3.05) is 10.8 Å². The van der Waals surface area contributed by atoms with Gasteiger partial charge in [0.15, 0.2) is 0 Å². The maximum Gasteiger partial charge on any atom is 0.264 e. The average Bonchev–Trinajstić information content (AvgIpc) is 3.10. The number of hydrogen-bond donors (Lipinski definition) is 1. The van der Waals surface area contributed by atoms with Crippen molar-refractivity contribution in [3.8, 4) is 11.5 Å². The summed E-state index contributed by atoms with van der Waals surface area (Å²) >= 11 is 12.8. The van der Waals surface area contributed by atoms with Crippen LogP contribution in [-0.4, -0.2) is 43.3 Å². The van der Waals surface area contributed by atoms with E-state index < -0.39 is 40.0 Å². The molecule has 0 saturated carbocycles. The molecule has 1 N–H and O–H groups in total. The largest absolute Gasteiger partial charge is 0.457 e. The molecule has 0 aromatic heterocycles. The van der Waals surface area contributed by atoms with Crippen LogP contribution in [-0.2, 0) is 32.6 Å². The number of amides is 2. The van der Waals surface area contributed by atoms with Gasteiger partial charge < -0.3 is 15.0 Å². The first-order chi connectivity index (χ1) is 24.3. The van der Waals surface area contributed by atoms with E-state index >= 15 is 0 Å². The lowest BCUT2D eigenvalue weighted by atomic mass is 10.0. The summed E-state index contributed by atoms with van der Waals surface area (Å²) in [6.45, 7) is 4.85. The fourth-order valence-electron chi connectivity index (χ4n) is 5.39. The molecule has 264 valence electrons. The molecule has 5 aromatic carbocycles. The van der Waals surface area contributed by atoms with Crippen molar-refractivity contribution in [1.82, 2.24) is 10.2 Å². The molecule has 0 heterocycles. The Kier molecular flexibility index (Phi) is 12.1. The maximum atomic E-state index is 14.7. The summed E-state index contributed by atoms with van der Waals surface area (Å²) in [5, 5.41) is 3.73. The second-order valence-corrected chi connectivity index (χ2v) is 15.6. The highest BCUT2D eigenvalue weighted by Gasteiger charge is 2.36. The van der Waals surface area contributed by atoms with Gasteiger partial charge in [-0.25, -0.2) is 8.42 Å². The van der Waals surface area contributed by atoms with E-state index in [-0.39, 0.29) is 23.5 Å². The number of anilines is 1. The van der Waals surface area contributed by atoms with Crippen LogP contribution in [0.4, 0.5) is 5.69 Å². The van der Waals surface area contributed by atoms with E-state index in [2.05, 4.69) is 5.32 Å². The Labute approximate surface area is 309 Å². The van der Waals surface area contributed by atoms with E-state index in [1.807, 2.05) is 81.4 Å². The molecule has 0 radical (unpaired) electrons. The third-order valence-corrected chi connectivity index (χ3v) is 10.2. The van der Waals surface area contributed by atoms with E-state index in [0.29, 0.717) is 27.1 Å². The number of para-hydroxylation sites is 1. The fourth-order valence-corrected chi connectivity index (χ4v) is 7.30. The third kappa shape index (κ3) is 10.1. The van der Waals surface area contributed by atoms with Gasteiger partial charge in [0, 0.05) is 28.5 Å². The first-order valence-corrected chi connectivity index (χ1v) is 18.5. The summed E-state index contributed by atoms with van der Waals surface area (Å²) in [6, 6.07) is 36.7. The second-order valence-electron chi connectivity index (χ2n) is 12.9. The van der Waals surface area contributed by atoms with Gasteiger partial charge in [-0.2, -0.15) is 0 Å². The second kappa shape index (κ2) is 16.5. The zero-order chi connectivity index (χ0) is 36.6. The van der Waals surface area contributed by atoms with Crippen LogP contribution in [0.1, 0.15) is 31.9 Å². The van der Waals surface area contributed by atoms with Crippen LogP contribution in [0.3, 0.4) is 0 Å². The normalized spacial score (nSPS) is 12.1. The lowest BCUT2D eigenvalue weighted by Crippen LogP contribution is -2.56. The molecule has 11 heteroatoms. The van der Waals surface area contributed by atoms with Crippen LogP contribution in [0.5, 0.6) is 11.5 Å². The van der Waals surface area contributed by atoms with Crippen molar-refractivity contribution in [2.45, 2.75) is 50.2 Å². The molecule has 5 rings (SSSR count). The van der Waals surface area contributed by atoms with Gasteiger partial charge in [-0.05, 0) is 92.6 Å². The van der Waals surface area contributed by atoms with Gasteiger partial charge in [-0.15, -0.1) is 0 Å². The van der Waals surface area contributed by atoms with Crippen LogP contribution in [0, 0.1) is 0 Å². The highest BCUT2D eigenvalue weighted by atomic mass is 35.5. The summed E-state index contributed by atoms with van der Waals surface area (Å²) in [7, 11) is -4.27. The van der Waals surface area contributed by atoms with Crippen LogP contribution in [0.2, 0.25) is 10.0 Å². The number of rotatable bonds is 13. The number of ether oxygens (including phenoxy) is 1. The first kappa shape index (κ1) is 37.4. The van der Waals surface area contributed by atoms with E-state index in [1.165, 1.54) is 17.0 Å². The van der Waals surface area contributed by atoms with Crippen LogP contribution >= 0.6 is 23.2 Å². The molecule has 0 fully saturated rings. The van der Waals surface area contributed by atoms with Crippen molar-refractivity contribution in [3.63, 3.8) is 0 Å². The van der Waals surface area contributed by atoms with Crippen molar-refractivity contribution in [1.29, 1.82) is 0 Å². The Morgan fingerprint density at radius 1 is 0.765 bits per heavy atom. The zero-order valence-electron chi connectivity index (χ0n) is 28.5. The van der Waals surface area contributed by atoms with Gasteiger partial charge in [0.25, 0.3) is 10.0 Å². The van der Waals surface area contributed by atoms with Gasteiger partial charge in [0.05, 0.1) is 10.6 Å². The molecule has 0 spiro atoms. The fraction of sp³-hybridized carbons (Fsp3) is 0.200. The van der Waals surface area contributed by atoms with Gasteiger partial charge in [0.2, 0.25) is 11.8 Å². The molecule has 0 aliphatic carbocycles. The minimum absolute atomic E-state index is 0.000943. The van der Waals surface area contributed by atoms with E-state index in [9.17, 15) is 18.0 Å². The minimum atomic E-state index is -4.27. The molecule has 0 bridgehead atoms. The monoisotopic (exact) mass is 743 g/mol. The Hall–Kier alpha value is -4.83. The van der Waals surface area contributed by atoms with E-state index in [1.54, 1.807) is 60.7 Å². The molecular weight excluding hydrogens is 705 g/mol. The van der Waals surface area contributed by atoms with Gasteiger partial charge in [0.1, 0.15) is 24.1 Å². The number of nitrogens with zero attached hydrogens (tertiary/aromatic N) is 2. The highest BCUT2D eigenvalue weighted by Crippen LogP contribution is 2.30. The Morgan fingerprint density at radius 2 is 1.33 bits per heavy atom. The Bertz CT molecular complexity index is 2040. The first-order valence-electron chi connectivity index (χ1n) is 16.3. The predicted octanol–water partition coefficient (Wildman–Crippen LogP) is 8.54. The summed E-state index contributed by atoms with van der Waals surface area (Å²) in [5.41, 5.74) is 0.964. The summed E-state index contributed by atoms with van der Waals surface area (Å²) in [6.07, 6.45) is 0.163. The van der Waals surface area contributed by atoms with Crippen molar-refractivity contribution < 1.29 is 22.7 Å². The molecule has 1 atom stereocenters. The maximum absolute atomic E-state index is 14.7. The lowest BCUT2D eigenvalue weighted by Gasteiger charge is -2.35. The number of carbonyl (C=O) groups is 2. The molecule has 5 aromatic rings. The molecule has 0 saturated heterocycles. The third-order valence-electron chi connectivity index (χ3n) is 7.84. The number of benzene rings is 5. The number of carbonyl (C=O) groups excluding carboxylic acids is 2. The molecule has 8 nitrogen and oxygen atoms in total. The van der Waals surface area contributed by atoms with Gasteiger partial charge >= 0.3 is 0 Å². The van der Waals surface area contributed by atoms with Gasteiger partial charge in [-0.1, -0.05) is 96.0 Å². The molecule has 2 amide bonds. The van der Waals surface area contributed by atoms with Crippen LogP contribution < -0.4 is 14.4 Å². The molecule has 0 aliphatic heterocycles. The summed E-state index contributed by atoms with van der Waals surface area (Å²) in [4.78, 5) is 30.2. The Morgan fingerprint density at radius 3 is 1.92 bits per heavy atom. The topological polar surface area (TPSA) is 96.0 Å². The van der Waals surface area contributed by atoms with Crippen LogP contribution in [0.15, 0.2) is 138 Å². The zero-order valence-corrected chi connectivity index (χ0v) is 30.8. The number of nitrogens with one attached hydrogen (secondary N) is 1. The van der Waals surface area contributed by atoms with Crippen molar-refractivity contribution in [2.24, 2.45) is 0 Å². The van der Waals surface area contributed by atoms with E-state index in [0.717, 1.165) is 9.87 Å². The number of halogens is 2.